The number of benzene rings is 2. The predicted molar refractivity (Wildman–Crippen MR) is 90.2 cm³/mol. The Labute approximate surface area is 132 Å². The highest BCUT2D eigenvalue weighted by Gasteiger charge is 2.45. The first-order valence-corrected chi connectivity index (χ1v) is 7.73. The Morgan fingerprint density at radius 3 is 2.32 bits per heavy atom. The van der Waals surface area contributed by atoms with Crippen LogP contribution >= 0.6 is 0 Å². The Balaban J connectivity index is 1.66. The Bertz CT molecular complexity index is 670. The number of rotatable bonds is 4. The molecule has 1 saturated heterocycles. The average Bonchev–Trinajstić information content (AvgIpc) is 2.58. The Kier molecular flexibility index (Phi) is 4.37. The van der Waals surface area contributed by atoms with Crippen molar-refractivity contribution in [3.8, 4) is 6.07 Å². The summed E-state index contributed by atoms with van der Waals surface area (Å²) in [5.74, 6) is 0.316. The molecule has 2 aromatic carbocycles. The number of nitriles is 1. The van der Waals surface area contributed by atoms with Crippen LogP contribution in [0.1, 0.15) is 24.0 Å². The zero-order chi connectivity index (χ0) is 15.4. The molecule has 1 heterocycles. The number of hydrogen-bond donors (Lipinski definition) is 0. The monoisotopic (exact) mass is 288 g/mol. The van der Waals surface area contributed by atoms with Crippen molar-refractivity contribution in [2.24, 2.45) is 0 Å². The van der Waals surface area contributed by atoms with E-state index in [0.717, 1.165) is 6.54 Å². The van der Waals surface area contributed by atoms with Gasteiger partial charge in [-0.1, -0.05) is 72.8 Å². The van der Waals surface area contributed by atoms with Crippen molar-refractivity contribution in [2.45, 2.75) is 24.9 Å². The van der Waals surface area contributed by atoms with Crippen LogP contribution < -0.4 is 0 Å². The summed E-state index contributed by atoms with van der Waals surface area (Å²) < 4.78 is 0. The molecule has 0 aliphatic carbocycles. The fourth-order valence-electron chi connectivity index (χ4n) is 3.27. The molecule has 0 unspecified atom stereocenters. The van der Waals surface area contributed by atoms with Gasteiger partial charge in [0.1, 0.15) is 6.04 Å². The molecule has 1 aliphatic heterocycles. The lowest BCUT2D eigenvalue weighted by atomic mass is 9.76. The smallest absolute Gasteiger partial charge is 0.107 e. The molecule has 22 heavy (non-hydrogen) atoms. The van der Waals surface area contributed by atoms with Gasteiger partial charge in [-0.05, 0) is 18.1 Å². The minimum Gasteiger partial charge on any atom is -0.280 e. The predicted octanol–water partition coefficient (Wildman–Crippen LogP) is 4.08. The molecule has 0 radical (unpaired) electrons. The highest BCUT2D eigenvalue weighted by molar-refractivity contribution is 5.49. The number of hydrogen-bond acceptors (Lipinski definition) is 2. The minimum absolute atomic E-state index is 0.0298. The normalized spacial score (nSPS) is 24.8. The summed E-state index contributed by atoms with van der Waals surface area (Å²) in [6.07, 6.45) is 4.27. The molecule has 0 bridgehead atoms. The standard InChI is InChI=1S/C20H20N2/c1-16-20(18-12-6-3-7-13-18)19(15-21)22(16)14-8-11-17-9-4-2-5-10-17/h2-13,16,19-20H,14H2,1H3/b11-8+/t16-,19-,20+/m0/s1. The van der Waals surface area contributed by atoms with E-state index in [1.54, 1.807) is 0 Å². The SMILES string of the molecule is C[C@H]1[C@H](c2ccccc2)[C@H](C#N)N1C/C=C/c1ccccc1. The van der Waals surface area contributed by atoms with Crippen molar-refractivity contribution in [3.63, 3.8) is 0 Å². The van der Waals surface area contributed by atoms with Gasteiger partial charge in [-0.3, -0.25) is 4.90 Å². The van der Waals surface area contributed by atoms with Crippen LogP contribution in [0.25, 0.3) is 6.08 Å². The van der Waals surface area contributed by atoms with Gasteiger partial charge in [0.2, 0.25) is 0 Å². The lowest BCUT2D eigenvalue weighted by Crippen LogP contribution is -2.60. The second kappa shape index (κ2) is 6.60. The molecule has 3 rings (SSSR count). The topological polar surface area (TPSA) is 27.0 Å². The maximum absolute atomic E-state index is 9.51. The molecule has 0 N–H and O–H groups in total. The lowest BCUT2D eigenvalue weighted by molar-refractivity contribution is 0.0417. The molecule has 3 atom stereocenters. The van der Waals surface area contributed by atoms with Crippen molar-refractivity contribution >= 4 is 6.08 Å². The summed E-state index contributed by atoms with van der Waals surface area (Å²) in [5, 5.41) is 9.51. The van der Waals surface area contributed by atoms with Crippen molar-refractivity contribution in [1.82, 2.24) is 4.90 Å². The third-order valence-electron chi connectivity index (χ3n) is 4.48. The molecule has 110 valence electrons. The number of likely N-dealkylation sites (tertiary alicyclic amines) is 1. The van der Waals surface area contributed by atoms with Gasteiger partial charge in [-0.15, -0.1) is 0 Å². The van der Waals surface area contributed by atoms with Gasteiger partial charge < -0.3 is 0 Å². The molecule has 1 fully saturated rings. The largest absolute Gasteiger partial charge is 0.280 e. The van der Waals surface area contributed by atoms with E-state index in [1.165, 1.54) is 11.1 Å². The van der Waals surface area contributed by atoms with Crippen LogP contribution in [0.3, 0.4) is 0 Å². The summed E-state index contributed by atoms with van der Waals surface area (Å²) in [4.78, 5) is 2.26. The van der Waals surface area contributed by atoms with Gasteiger partial charge in [0.25, 0.3) is 0 Å². The first-order valence-electron chi connectivity index (χ1n) is 7.73. The Morgan fingerprint density at radius 1 is 1.05 bits per heavy atom. The molecule has 2 heteroatoms. The summed E-state index contributed by atoms with van der Waals surface area (Å²) in [5.41, 5.74) is 2.47. The molecule has 0 aromatic heterocycles. The molecular weight excluding hydrogens is 268 g/mol. The summed E-state index contributed by atoms with van der Waals surface area (Å²) >= 11 is 0. The molecule has 1 aliphatic rings. The zero-order valence-corrected chi connectivity index (χ0v) is 12.8. The van der Waals surface area contributed by atoms with Gasteiger partial charge in [-0.2, -0.15) is 5.26 Å². The second-order valence-corrected chi connectivity index (χ2v) is 5.76. The number of nitrogens with zero attached hydrogens (tertiary/aromatic N) is 2. The van der Waals surface area contributed by atoms with E-state index >= 15 is 0 Å². The average molecular weight is 288 g/mol. The van der Waals surface area contributed by atoms with E-state index in [4.69, 9.17) is 0 Å². The highest BCUT2D eigenvalue weighted by atomic mass is 15.3. The van der Waals surface area contributed by atoms with E-state index in [9.17, 15) is 5.26 Å². The van der Waals surface area contributed by atoms with Crippen LogP contribution in [0.2, 0.25) is 0 Å². The van der Waals surface area contributed by atoms with Crippen LogP contribution in [0.15, 0.2) is 66.7 Å². The Morgan fingerprint density at radius 2 is 1.68 bits per heavy atom. The Hall–Kier alpha value is -2.37. The third kappa shape index (κ3) is 2.81. The van der Waals surface area contributed by atoms with Crippen LogP contribution in [0.4, 0.5) is 0 Å². The van der Waals surface area contributed by atoms with E-state index in [1.807, 2.05) is 24.3 Å². The first kappa shape index (κ1) is 14.6. The summed E-state index contributed by atoms with van der Waals surface area (Å²) in [6.45, 7) is 3.03. The lowest BCUT2D eigenvalue weighted by Gasteiger charge is -2.50. The van der Waals surface area contributed by atoms with Crippen LogP contribution in [0, 0.1) is 11.3 Å². The molecule has 0 spiro atoms. The van der Waals surface area contributed by atoms with Gasteiger partial charge in [0, 0.05) is 18.5 Å². The van der Waals surface area contributed by atoms with E-state index in [-0.39, 0.29) is 6.04 Å². The van der Waals surface area contributed by atoms with Gasteiger partial charge in [0.05, 0.1) is 6.07 Å². The van der Waals surface area contributed by atoms with Crippen molar-refractivity contribution in [1.29, 1.82) is 5.26 Å². The maximum Gasteiger partial charge on any atom is 0.107 e. The third-order valence-corrected chi connectivity index (χ3v) is 4.48. The van der Waals surface area contributed by atoms with Crippen molar-refractivity contribution < 1.29 is 0 Å². The van der Waals surface area contributed by atoms with Gasteiger partial charge >= 0.3 is 0 Å². The van der Waals surface area contributed by atoms with Gasteiger partial charge in [-0.25, -0.2) is 0 Å². The van der Waals surface area contributed by atoms with Crippen LogP contribution in [-0.2, 0) is 0 Å². The van der Waals surface area contributed by atoms with E-state index in [2.05, 4.69) is 66.4 Å². The molecule has 0 saturated carbocycles. The molecule has 2 nitrogen and oxygen atoms in total. The maximum atomic E-state index is 9.51. The molecule has 0 amide bonds. The van der Waals surface area contributed by atoms with Crippen LogP contribution in [0.5, 0.6) is 0 Å². The van der Waals surface area contributed by atoms with E-state index < -0.39 is 0 Å². The molecule has 2 aromatic rings. The quantitative estimate of drug-likeness (QED) is 0.847. The van der Waals surface area contributed by atoms with Crippen molar-refractivity contribution in [3.05, 3.63) is 77.9 Å². The fourth-order valence-corrected chi connectivity index (χ4v) is 3.27. The van der Waals surface area contributed by atoms with Crippen molar-refractivity contribution in [2.75, 3.05) is 6.54 Å². The van der Waals surface area contributed by atoms with Crippen LogP contribution in [-0.4, -0.2) is 23.5 Å². The zero-order valence-electron chi connectivity index (χ0n) is 12.8. The summed E-state index contributed by atoms with van der Waals surface area (Å²) in [6, 6.07) is 23.5. The first-order chi connectivity index (χ1) is 10.8. The second-order valence-electron chi connectivity index (χ2n) is 5.76. The minimum atomic E-state index is -0.0298. The highest BCUT2D eigenvalue weighted by Crippen LogP contribution is 2.39. The van der Waals surface area contributed by atoms with E-state index in [0.29, 0.717) is 12.0 Å². The molecular formula is C20H20N2. The summed E-state index contributed by atoms with van der Waals surface area (Å²) in [7, 11) is 0. The fraction of sp³-hybridized carbons (Fsp3) is 0.250. The van der Waals surface area contributed by atoms with Gasteiger partial charge in [0.15, 0.2) is 0 Å².